The minimum atomic E-state index is -0.436. The van der Waals surface area contributed by atoms with Gasteiger partial charge in [-0.05, 0) is 41.6 Å². The molecule has 8 nitrogen and oxygen atoms in total. The molecule has 29 heavy (non-hydrogen) atoms. The zero-order valence-electron chi connectivity index (χ0n) is 16.1. The molecule has 3 aromatic rings. The third-order valence-electron chi connectivity index (χ3n) is 4.90. The van der Waals surface area contributed by atoms with E-state index in [0.29, 0.717) is 32.1 Å². The Morgan fingerprint density at radius 1 is 1.07 bits per heavy atom. The summed E-state index contributed by atoms with van der Waals surface area (Å²) in [5.41, 5.74) is 2.28. The molecule has 1 saturated heterocycles. The molecular weight excluding hydrogens is 373 g/mol. The number of benzene rings is 2. The Labute approximate surface area is 167 Å². The van der Waals surface area contributed by atoms with Gasteiger partial charge in [0.15, 0.2) is 0 Å². The number of aromatic nitrogens is 4. The Kier molecular flexibility index (Phi) is 5.48. The maximum Gasteiger partial charge on any atom is 0.250 e. The topological polar surface area (TPSA) is 79.2 Å². The van der Waals surface area contributed by atoms with E-state index in [0.717, 1.165) is 5.69 Å². The summed E-state index contributed by atoms with van der Waals surface area (Å²) in [6, 6.07) is 14.2. The number of hydrogen-bond acceptors (Lipinski definition) is 6. The van der Waals surface area contributed by atoms with Crippen molar-refractivity contribution >= 4 is 17.5 Å². The van der Waals surface area contributed by atoms with Gasteiger partial charge in [0.25, 0.3) is 0 Å². The van der Waals surface area contributed by atoms with Crippen molar-refractivity contribution in [2.75, 3.05) is 42.9 Å². The predicted octanol–water partition coefficient (Wildman–Crippen LogP) is 1.87. The number of carbonyl (C=O) groups excluding carboxylic acids is 1. The smallest absolute Gasteiger partial charge is 0.250 e. The van der Waals surface area contributed by atoms with Gasteiger partial charge in [-0.1, -0.05) is 34.9 Å². The first-order chi connectivity index (χ1) is 14.1. The fourth-order valence-corrected chi connectivity index (χ4v) is 3.29. The van der Waals surface area contributed by atoms with Crippen LogP contribution in [0.1, 0.15) is 5.56 Å². The van der Waals surface area contributed by atoms with Crippen LogP contribution in [0.5, 0.6) is 0 Å². The van der Waals surface area contributed by atoms with Gasteiger partial charge in [-0.25, -0.2) is 4.39 Å². The SMILES string of the molecule is Cc1ccc(-n2nnnc2N2CCN(CC(=O)Nc3ccccc3F)CC2)cc1. The van der Waals surface area contributed by atoms with Crippen molar-refractivity contribution in [3.8, 4) is 5.69 Å². The molecule has 1 aromatic heterocycles. The van der Waals surface area contributed by atoms with Crippen molar-refractivity contribution in [1.29, 1.82) is 0 Å². The second kappa shape index (κ2) is 8.36. The number of nitrogens with one attached hydrogen (secondary N) is 1. The molecule has 2 heterocycles. The van der Waals surface area contributed by atoms with Crippen LogP contribution < -0.4 is 10.2 Å². The lowest BCUT2D eigenvalue weighted by Crippen LogP contribution is -2.49. The number of nitrogens with zero attached hydrogens (tertiary/aromatic N) is 6. The fraction of sp³-hybridized carbons (Fsp3) is 0.300. The van der Waals surface area contributed by atoms with Crippen molar-refractivity contribution in [2.45, 2.75) is 6.92 Å². The lowest BCUT2D eigenvalue weighted by Gasteiger charge is -2.34. The largest absolute Gasteiger partial charge is 0.337 e. The minimum Gasteiger partial charge on any atom is -0.337 e. The van der Waals surface area contributed by atoms with Crippen LogP contribution in [0.15, 0.2) is 48.5 Å². The molecule has 0 atom stereocenters. The third-order valence-corrected chi connectivity index (χ3v) is 4.90. The van der Waals surface area contributed by atoms with Crippen LogP contribution in [0.3, 0.4) is 0 Å². The summed E-state index contributed by atoms with van der Waals surface area (Å²) in [7, 11) is 0. The highest BCUT2D eigenvalue weighted by Gasteiger charge is 2.23. The molecule has 0 spiro atoms. The van der Waals surface area contributed by atoms with Crippen molar-refractivity contribution in [3.63, 3.8) is 0 Å². The number of tetrazole rings is 1. The molecular formula is C20H22FN7O. The minimum absolute atomic E-state index is 0.202. The summed E-state index contributed by atoms with van der Waals surface area (Å²) in [6.45, 7) is 5.01. The van der Waals surface area contributed by atoms with Gasteiger partial charge in [0.2, 0.25) is 11.9 Å². The molecule has 150 valence electrons. The second-order valence-electron chi connectivity index (χ2n) is 7.02. The second-order valence-corrected chi connectivity index (χ2v) is 7.02. The van der Waals surface area contributed by atoms with Crippen molar-refractivity contribution in [3.05, 3.63) is 59.9 Å². The molecule has 1 N–H and O–H groups in total. The maximum atomic E-state index is 13.7. The van der Waals surface area contributed by atoms with E-state index in [4.69, 9.17) is 0 Å². The average molecular weight is 395 g/mol. The molecule has 0 saturated carbocycles. The van der Waals surface area contributed by atoms with Crippen molar-refractivity contribution < 1.29 is 9.18 Å². The highest BCUT2D eigenvalue weighted by atomic mass is 19.1. The van der Waals surface area contributed by atoms with E-state index < -0.39 is 5.82 Å². The molecule has 0 bridgehead atoms. The highest BCUT2D eigenvalue weighted by molar-refractivity contribution is 5.92. The zero-order valence-corrected chi connectivity index (χ0v) is 16.1. The summed E-state index contributed by atoms with van der Waals surface area (Å²) in [5, 5.41) is 14.7. The standard InChI is InChI=1S/C20H22FN7O/c1-15-6-8-16(9-7-15)28-20(23-24-25-28)27-12-10-26(11-13-27)14-19(29)22-18-5-3-2-4-17(18)21/h2-9H,10-14H2,1H3,(H,22,29). The Hall–Kier alpha value is -3.33. The molecule has 0 unspecified atom stereocenters. The molecule has 1 aliphatic rings. The van der Waals surface area contributed by atoms with Gasteiger partial charge in [0, 0.05) is 26.2 Å². The average Bonchev–Trinajstić information content (AvgIpc) is 3.21. The van der Waals surface area contributed by atoms with E-state index in [1.165, 1.54) is 11.6 Å². The Morgan fingerprint density at radius 3 is 2.52 bits per heavy atom. The summed E-state index contributed by atoms with van der Waals surface area (Å²) >= 11 is 0. The number of hydrogen-bond donors (Lipinski definition) is 1. The van der Waals surface area contributed by atoms with Crippen LogP contribution in [0.25, 0.3) is 5.69 Å². The Bertz CT molecular complexity index is 981. The van der Waals surface area contributed by atoms with E-state index in [1.807, 2.05) is 36.1 Å². The van der Waals surface area contributed by atoms with Gasteiger partial charge in [0.1, 0.15) is 5.82 Å². The van der Waals surface area contributed by atoms with Crippen LogP contribution in [-0.2, 0) is 4.79 Å². The molecule has 1 aliphatic heterocycles. The van der Waals surface area contributed by atoms with Crippen molar-refractivity contribution in [1.82, 2.24) is 25.1 Å². The number of amides is 1. The quantitative estimate of drug-likeness (QED) is 0.711. The Morgan fingerprint density at radius 2 is 1.79 bits per heavy atom. The van der Waals surface area contributed by atoms with Crippen LogP contribution >= 0.6 is 0 Å². The normalized spacial score (nSPS) is 14.8. The molecule has 1 amide bonds. The molecule has 4 rings (SSSR count). The van der Waals surface area contributed by atoms with E-state index in [9.17, 15) is 9.18 Å². The zero-order chi connectivity index (χ0) is 20.2. The number of halogens is 1. The van der Waals surface area contributed by atoms with Gasteiger partial charge in [-0.15, -0.1) is 0 Å². The maximum absolute atomic E-state index is 13.7. The van der Waals surface area contributed by atoms with E-state index in [-0.39, 0.29) is 18.1 Å². The van der Waals surface area contributed by atoms with Crippen molar-refractivity contribution in [2.24, 2.45) is 0 Å². The fourth-order valence-electron chi connectivity index (χ4n) is 3.29. The number of para-hydroxylation sites is 1. The molecule has 0 radical (unpaired) electrons. The van der Waals surface area contributed by atoms with Crippen LogP contribution in [0.2, 0.25) is 0 Å². The summed E-state index contributed by atoms with van der Waals surface area (Å²) in [4.78, 5) is 16.4. The third kappa shape index (κ3) is 4.40. The number of piperazine rings is 1. The number of anilines is 2. The van der Waals surface area contributed by atoms with Crippen LogP contribution in [0, 0.1) is 12.7 Å². The van der Waals surface area contributed by atoms with Crippen LogP contribution in [0.4, 0.5) is 16.0 Å². The number of rotatable bonds is 5. The lowest BCUT2D eigenvalue weighted by molar-refractivity contribution is -0.117. The van der Waals surface area contributed by atoms with E-state index in [1.54, 1.807) is 22.9 Å². The first kappa shape index (κ1) is 19.0. The number of aryl methyl sites for hydroxylation is 1. The van der Waals surface area contributed by atoms with Gasteiger partial charge in [0.05, 0.1) is 17.9 Å². The monoisotopic (exact) mass is 395 g/mol. The molecule has 2 aromatic carbocycles. The lowest BCUT2D eigenvalue weighted by atomic mass is 10.2. The van der Waals surface area contributed by atoms with Gasteiger partial charge in [-0.3, -0.25) is 9.69 Å². The first-order valence-electron chi connectivity index (χ1n) is 9.47. The number of carbonyl (C=O) groups is 1. The summed E-state index contributed by atoms with van der Waals surface area (Å²) in [5.74, 6) is 0.0194. The summed E-state index contributed by atoms with van der Waals surface area (Å²) < 4.78 is 15.4. The van der Waals surface area contributed by atoms with E-state index >= 15 is 0 Å². The first-order valence-corrected chi connectivity index (χ1v) is 9.47. The van der Waals surface area contributed by atoms with Gasteiger partial charge >= 0.3 is 0 Å². The molecule has 1 fully saturated rings. The predicted molar refractivity (Wildman–Crippen MR) is 108 cm³/mol. The molecule has 9 heteroatoms. The van der Waals surface area contributed by atoms with Gasteiger partial charge in [-0.2, -0.15) is 4.68 Å². The van der Waals surface area contributed by atoms with Crippen LogP contribution in [-0.4, -0.2) is 63.7 Å². The Balaban J connectivity index is 1.34. The van der Waals surface area contributed by atoms with E-state index in [2.05, 4.69) is 25.7 Å². The highest BCUT2D eigenvalue weighted by Crippen LogP contribution is 2.18. The summed E-state index contributed by atoms with van der Waals surface area (Å²) in [6.07, 6.45) is 0. The molecule has 0 aliphatic carbocycles. The van der Waals surface area contributed by atoms with Gasteiger partial charge < -0.3 is 10.2 Å².